The number of aliphatic hydroxyl groups is 2. The molecule has 3 heteroatoms. The van der Waals surface area contributed by atoms with E-state index in [4.69, 9.17) is 0 Å². The van der Waals surface area contributed by atoms with Crippen LogP contribution in [0.25, 0.3) is 0 Å². The largest absolute Gasteiger partial charge is 0.390 e. The maximum absolute atomic E-state index is 11.7. The topological polar surface area (TPSA) is 57.5 Å². The van der Waals surface area contributed by atoms with Gasteiger partial charge in [-0.05, 0) is 55.1 Å². The lowest BCUT2D eigenvalue weighted by Crippen LogP contribution is -2.43. The molecule has 3 nitrogen and oxygen atoms in total. The highest BCUT2D eigenvalue weighted by Gasteiger charge is 2.42. The van der Waals surface area contributed by atoms with Crippen molar-refractivity contribution in [3.8, 4) is 0 Å². The molecular weight excluding hydrogens is 228 g/mol. The molecule has 3 aliphatic rings. The van der Waals surface area contributed by atoms with Gasteiger partial charge in [0.05, 0.1) is 12.2 Å². The summed E-state index contributed by atoms with van der Waals surface area (Å²) in [6.07, 6.45) is 5.88. The molecule has 18 heavy (non-hydrogen) atoms. The number of ketones is 1. The van der Waals surface area contributed by atoms with Gasteiger partial charge in [0.2, 0.25) is 0 Å². The number of rotatable bonds is 0. The van der Waals surface area contributed by atoms with Crippen LogP contribution in [0.15, 0.2) is 23.3 Å². The summed E-state index contributed by atoms with van der Waals surface area (Å²) in [5, 5.41) is 19.6. The highest BCUT2D eigenvalue weighted by Crippen LogP contribution is 2.47. The Bertz CT molecular complexity index is 435. The predicted molar refractivity (Wildman–Crippen MR) is 67.8 cm³/mol. The average Bonchev–Trinajstić information content (AvgIpc) is 2.35. The van der Waals surface area contributed by atoms with Crippen molar-refractivity contribution in [2.24, 2.45) is 17.8 Å². The first kappa shape index (κ1) is 12.1. The fourth-order valence-corrected chi connectivity index (χ4v) is 3.89. The highest BCUT2D eigenvalue weighted by atomic mass is 16.3. The number of carbonyl (C=O) groups is 1. The Morgan fingerprint density at radius 3 is 2.72 bits per heavy atom. The summed E-state index contributed by atoms with van der Waals surface area (Å²) in [4.78, 5) is 11.7. The van der Waals surface area contributed by atoms with E-state index in [1.807, 2.05) is 6.92 Å². The summed E-state index contributed by atoms with van der Waals surface area (Å²) in [6, 6.07) is 0. The predicted octanol–water partition coefficient (Wildman–Crippen LogP) is 1.60. The van der Waals surface area contributed by atoms with Crippen LogP contribution in [0.4, 0.5) is 0 Å². The third-order valence-corrected chi connectivity index (χ3v) is 4.99. The van der Waals surface area contributed by atoms with E-state index in [2.05, 4.69) is 12.2 Å². The van der Waals surface area contributed by atoms with E-state index in [0.717, 1.165) is 12.0 Å². The first-order valence-electron chi connectivity index (χ1n) is 6.86. The molecule has 0 aliphatic heterocycles. The smallest absolute Gasteiger partial charge is 0.158 e. The van der Waals surface area contributed by atoms with Crippen LogP contribution < -0.4 is 0 Å². The van der Waals surface area contributed by atoms with Gasteiger partial charge in [0.1, 0.15) is 0 Å². The molecular formula is C15H20O3. The molecule has 0 aromatic heterocycles. The van der Waals surface area contributed by atoms with Gasteiger partial charge in [0.15, 0.2) is 5.78 Å². The summed E-state index contributed by atoms with van der Waals surface area (Å²) >= 11 is 0. The lowest BCUT2D eigenvalue weighted by molar-refractivity contribution is -0.116. The van der Waals surface area contributed by atoms with Crippen LogP contribution in [0.5, 0.6) is 0 Å². The monoisotopic (exact) mass is 248 g/mol. The standard InChI is InChI=1S/C15H20O3/c1-8-10-3-2-9-6-14(17)15(18)7-12(9)11(10)4-5-13(8)16/h2-3,9,11-12,14-15,17-18H,4-7H2,1H3/t9-,11+,12+,14+,15-/m1/s1. The Morgan fingerprint density at radius 2 is 1.94 bits per heavy atom. The summed E-state index contributed by atoms with van der Waals surface area (Å²) in [6.45, 7) is 1.92. The van der Waals surface area contributed by atoms with Crippen LogP contribution in [0.3, 0.4) is 0 Å². The Morgan fingerprint density at radius 1 is 1.22 bits per heavy atom. The van der Waals surface area contributed by atoms with Crippen LogP contribution >= 0.6 is 0 Å². The van der Waals surface area contributed by atoms with E-state index < -0.39 is 12.2 Å². The summed E-state index contributed by atoms with van der Waals surface area (Å²) in [5.74, 6) is 1.42. The number of allylic oxidation sites excluding steroid dienone is 4. The van der Waals surface area contributed by atoms with Crippen molar-refractivity contribution in [2.75, 3.05) is 0 Å². The van der Waals surface area contributed by atoms with Crippen LogP contribution in [0.1, 0.15) is 32.6 Å². The lowest BCUT2D eigenvalue weighted by atomic mass is 9.62. The van der Waals surface area contributed by atoms with Gasteiger partial charge in [0, 0.05) is 6.42 Å². The van der Waals surface area contributed by atoms with Crippen molar-refractivity contribution in [2.45, 2.75) is 44.8 Å². The van der Waals surface area contributed by atoms with E-state index >= 15 is 0 Å². The maximum atomic E-state index is 11.7. The normalized spacial score (nSPS) is 43.7. The molecule has 0 radical (unpaired) electrons. The number of Topliss-reactive ketones (excluding diaryl/α,β-unsaturated/α-hetero) is 1. The van der Waals surface area contributed by atoms with E-state index in [-0.39, 0.29) is 5.78 Å². The number of hydrogen-bond acceptors (Lipinski definition) is 3. The van der Waals surface area contributed by atoms with E-state index in [1.165, 1.54) is 5.57 Å². The number of hydrogen-bond donors (Lipinski definition) is 2. The van der Waals surface area contributed by atoms with Gasteiger partial charge in [0.25, 0.3) is 0 Å². The molecule has 0 saturated heterocycles. The molecule has 0 amide bonds. The van der Waals surface area contributed by atoms with Gasteiger partial charge in [-0.3, -0.25) is 4.79 Å². The fourth-order valence-electron chi connectivity index (χ4n) is 3.89. The quantitative estimate of drug-likeness (QED) is 0.684. The Balaban J connectivity index is 1.95. The second-order valence-corrected chi connectivity index (χ2v) is 5.94. The van der Waals surface area contributed by atoms with Crippen LogP contribution in [-0.4, -0.2) is 28.2 Å². The third-order valence-electron chi connectivity index (χ3n) is 4.99. The Labute approximate surface area is 107 Å². The minimum Gasteiger partial charge on any atom is -0.390 e. The van der Waals surface area contributed by atoms with Gasteiger partial charge in [-0.25, -0.2) is 0 Å². The third kappa shape index (κ3) is 1.77. The molecule has 5 atom stereocenters. The van der Waals surface area contributed by atoms with Gasteiger partial charge < -0.3 is 10.2 Å². The van der Waals surface area contributed by atoms with Gasteiger partial charge in [-0.1, -0.05) is 12.2 Å². The second kappa shape index (κ2) is 4.32. The molecule has 0 aromatic rings. The summed E-state index contributed by atoms with van der Waals surface area (Å²) in [5.41, 5.74) is 2.08. The van der Waals surface area contributed by atoms with Crippen molar-refractivity contribution >= 4 is 5.78 Å². The maximum Gasteiger partial charge on any atom is 0.158 e. The van der Waals surface area contributed by atoms with Crippen LogP contribution in [0, 0.1) is 17.8 Å². The van der Waals surface area contributed by atoms with Gasteiger partial charge in [-0.15, -0.1) is 0 Å². The second-order valence-electron chi connectivity index (χ2n) is 5.94. The first-order valence-corrected chi connectivity index (χ1v) is 6.86. The van der Waals surface area contributed by atoms with E-state index in [9.17, 15) is 15.0 Å². The molecule has 1 fully saturated rings. The molecule has 0 heterocycles. The molecule has 3 aliphatic carbocycles. The molecule has 3 rings (SSSR count). The molecule has 98 valence electrons. The minimum atomic E-state index is -0.600. The zero-order valence-corrected chi connectivity index (χ0v) is 10.7. The average molecular weight is 248 g/mol. The van der Waals surface area contributed by atoms with Crippen molar-refractivity contribution in [3.63, 3.8) is 0 Å². The van der Waals surface area contributed by atoms with Crippen molar-refractivity contribution < 1.29 is 15.0 Å². The number of fused-ring (bicyclic) bond motifs is 3. The van der Waals surface area contributed by atoms with Crippen molar-refractivity contribution in [1.82, 2.24) is 0 Å². The van der Waals surface area contributed by atoms with E-state index in [1.54, 1.807) is 0 Å². The van der Waals surface area contributed by atoms with Crippen LogP contribution in [0.2, 0.25) is 0 Å². The fraction of sp³-hybridized carbons (Fsp3) is 0.667. The van der Waals surface area contributed by atoms with E-state index in [0.29, 0.717) is 37.0 Å². The Hall–Kier alpha value is -0.930. The summed E-state index contributed by atoms with van der Waals surface area (Å²) in [7, 11) is 0. The zero-order valence-electron chi connectivity index (χ0n) is 10.7. The first-order chi connectivity index (χ1) is 8.58. The molecule has 1 saturated carbocycles. The Kier molecular flexibility index (Phi) is 2.91. The lowest BCUT2D eigenvalue weighted by Gasteiger charge is -2.44. The molecule has 0 bridgehead atoms. The SMILES string of the molecule is CC1=C2C=C[C@@H]3C[C@H](O)[C@H](O)C[C@@H]3[C@H]2CCC1=O. The molecule has 0 aromatic carbocycles. The van der Waals surface area contributed by atoms with Crippen molar-refractivity contribution in [1.29, 1.82) is 0 Å². The number of carbonyl (C=O) groups excluding carboxylic acids is 1. The highest BCUT2D eigenvalue weighted by molar-refractivity contribution is 5.97. The molecule has 2 N–H and O–H groups in total. The minimum absolute atomic E-state index is 0.265. The molecule has 0 unspecified atom stereocenters. The molecule has 0 spiro atoms. The van der Waals surface area contributed by atoms with Gasteiger partial charge >= 0.3 is 0 Å². The van der Waals surface area contributed by atoms with Crippen LogP contribution in [-0.2, 0) is 4.79 Å². The number of aliphatic hydroxyl groups excluding tert-OH is 2. The van der Waals surface area contributed by atoms with Crippen molar-refractivity contribution in [3.05, 3.63) is 23.3 Å². The summed E-state index contributed by atoms with van der Waals surface area (Å²) < 4.78 is 0. The zero-order chi connectivity index (χ0) is 12.9. The van der Waals surface area contributed by atoms with Gasteiger partial charge in [-0.2, -0.15) is 0 Å².